The van der Waals surface area contributed by atoms with Gasteiger partial charge in [0.05, 0.1) is 0 Å². The second kappa shape index (κ2) is 5.63. The zero-order chi connectivity index (χ0) is 13.1. The quantitative estimate of drug-likeness (QED) is 0.879. The van der Waals surface area contributed by atoms with E-state index in [1.807, 2.05) is 31.4 Å². The van der Waals surface area contributed by atoms with Crippen LogP contribution in [0, 0.1) is 19.7 Å². The second-order valence-corrected chi connectivity index (χ2v) is 5.88. The Bertz CT molecular complexity index is 533. The Kier molecular flexibility index (Phi) is 4.15. The van der Waals surface area contributed by atoms with Crippen LogP contribution in [0.4, 0.5) is 4.39 Å². The number of hydrogen-bond acceptors (Lipinski definition) is 2. The molecule has 0 fully saturated rings. The molecule has 1 N–H and O–H groups in total. The van der Waals surface area contributed by atoms with Gasteiger partial charge >= 0.3 is 0 Å². The third kappa shape index (κ3) is 2.98. The van der Waals surface area contributed by atoms with Gasteiger partial charge in [-0.1, -0.05) is 6.07 Å². The highest BCUT2D eigenvalue weighted by molar-refractivity contribution is 7.12. The lowest BCUT2D eigenvalue weighted by Gasteiger charge is -2.16. The molecule has 96 valence electrons. The lowest BCUT2D eigenvalue weighted by atomic mass is 10.00. The Balaban J connectivity index is 2.20. The Morgan fingerprint density at radius 2 is 2.00 bits per heavy atom. The van der Waals surface area contributed by atoms with Crippen molar-refractivity contribution in [2.45, 2.75) is 26.3 Å². The smallest absolute Gasteiger partial charge is 0.123 e. The molecule has 0 saturated heterocycles. The first-order chi connectivity index (χ1) is 8.60. The van der Waals surface area contributed by atoms with Gasteiger partial charge in [-0.05, 0) is 62.7 Å². The van der Waals surface area contributed by atoms with Crippen LogP contribution in [0.3, 0.4) is 0 Å². The molecule has 0 aliphatic heterocycles. The second-order valence-electron chi connectivity index (χ2n) is 4.56. The largest absolute Gasteiger partial charge is 0.312 e. The first kappa shape index (κ1) is 13.2. The summed E-state index contributed by atoms with van der Waals surface area (Å²) in [4.78, 5) is 2.65. The third-order valence-corrected chi connectivity index (χ3v) is 4.30. The molecule has 2 rings (SSSR count). The number of nitrogens with one attached hydrogen (secondary N) is 1. The van der Waals surface area contributed by atoms with Crippen molar-refractivity contribution in [3.05, 3.63) is 57.0 Å². The number of thiophene rings is 1. The summed E-state index contributed by atoms with van der Waals surface area (Å²) in [7, 11) is 1.97. The fraction of sp³-hybridized carbons (Fsp3) is 0.333. The van der Waals surface area contributed by atoms with E-state index < -0.39 is 0 Å². The number of rotatable bonds is 4. The topological polar surface area (TPSA) is 12.0 Å². The molecule has 1 aromatic heterocycles. The van der Waals surface area contributed by atoms with Crippen LogP contribution < -0.4 is 5.32 Å². The Morgan fingerprint density at radius 1 is 1.22 bits per heavy atom. The van der Waals surface area contributed by atoms with Crippen molar-refractivity contribution in [2.24, 2.45) is 0 Å². The molecule has 0 radical (unpaired) electrons. The van der Waals surface area contributed by atoms with E-state index in [0.717, 1.165) is 12.0 Å². The highest BCUT2D eigenvalue weighted by Crippen LogP contribution is 2.26. The van der Waals surface area contributed by atoms with Crippen molar-refractivity contribution in [3.8, 4) is 0 Å². The summed E-state index contributed by atoms with van der Waals surface area (Å²) in [6.07, 6.45) is 0.891. The molecule has 0 amide bonds. The first-order valence-corrected chi connectivity index (χ1v) is 6.90. The Labute approximate surface area is 112 Å². The van der Waals surface area contributed by atoms with Gasteiger partial charge in [0.2, 0.25) is 0 Å². The van der Waals surface area contributed by atoms with Gasteiger partial charge < -0.3 is 5.32 Å². The summed E-state index contributed by atoms with van der Waals surface area (Å²) >= 11 is 1.81. The summed E-state index contributed by atoms with van der Waals surface area (Å²) in [5, 5.41) is 3.34. The van der Waals surface area contributed by atoms with Crippen LogP contribution in [0.25, 0.3) is 0 Å². The average molecular weight is 263 g/mol. The van der Waals surface area contributed by atoms with Crippen LogP contribution in [0.5, 0.6) is 0 Å². The molecule has 1 unspecified atom stereocenters. The minimum Gasteiger partial charge on any atom is -0.312 e. The zero-order valence-corrected chi connectivity index (χ0v) is 11.8. The number of likely N-dealkylation sites (N-methyl/N-ethyl adjacent to an activating group) is 1. The summed E-state index contributed by atoms with van der Waals surface area (Å²) in [6.45, 7) is 4.08. The number of benzene rings is 1. The minimum atomic E-state index is -0.163. The maximum Gasteiger partial charge on any atom is 0.123 e. The first-order valence-electron chi connectivity index (χ1n) is 6.09. The van der Waals surface area contributed by atoms with Crippen molar-refractivity contribution < 1.29 is 4.39 Å². The maximum absolute atomic E-state index is 13.1. The lowest BCUT2D eigenvalue weighted by Crippen LogP contribution is -2.18. The van der Waals surface area contributed by atoms with E-state index in [0.29, 0.717) is 6.04 Å². The molecule has 1 aromatic carbocycles. The molecular weight excluding hydrogens is 245 g/mol. The van der Waals surface area contributed by atoms with Crippen molar-refractivity contribution in [3.63, 3.8) is 0 Å². The van der Waals surface area contributed by atoms with Gasteiger partial charge in [0, 0.05) is 15.8 Å². The van der Waals surface area contributed by atoms with Crippen molar-refractivity contribution in [2.75, 3.05) is 7.05 Å². The molecular formula is C15H18FNS. The maximum atomic E-state index is 13.1. The standard InChI is InChI=1S/C15H18FNS/c1-10-8-13(16)6-5-12(10)9-14(17-3)15-7-4-11(2)18-15/h4-8,14,17H,9H2,1-3H3. The molecule has 1 atom stereocenters. The van der Waals surface area contributed by atoms with E-state index in [4.69, 9.17) is 0 Å². The molecule has 1 heterocycles. The number of halogens is 1. The van der Waals surface area contributed by atoms with Crippen LogP contribution in [0.1, 0.15) is 26.9 Å². The molecule has 0 saturated carbocycles. The van der Waals surface area contributed by atoms with Gasteiger partial charge in [0.1, 0.15) is 5.82 Å². The van der Waals surface area contributed by atoms with Gasteiger partial charge in [-0.2, -0.15) is 0 Å². The van der Waals surface area contributed by atoms with E-state index in [-0.39, 0.29) is 5.82 Å². The van der Waals surface area contributed by atoms with Crippen molar-refractivity contribution >= 4 is 11.3 Å². The molecule has 3 heteroatoms. The highest BCUT2D eigenvalue weighted by Gasteiger charge is 2.13. The van der Waals surface area contributed by atoms with Crippen LogP contribution in [0.15, 0.2) is 30.3 Å². The van der Waals surface area contributed by atoms with E-state index in [9.17, 15) is 4.39 Å². The molecule has 0 aliphatic rings. The zero-order valence-electron chi connectivity index (χ0n) is 11.0. The van der Waals surface area contributed by atoms with E-state index in [2.05, 4.69) is 24.4 Å². The molecule has 0 bridgehead atoms. The van der Waals surface area contributed by atoms with E-state index in [1.165, 1.54) is 21.4 Å². The molecule has 2 aromatic rings. The minimum absolute atomic E-state index is 0.163. The van der Waals surface area contributed by atoms with Gasteiger partial charge in [-0.25, -0.2) is 4.39 Å². The lowest BCUT2D eigenvalue weighted by molar-refractivity contribution is 0.595. The highest BCUT2D eigenvalue weighted by atomic mass is 32.1. The van der Waals surface area contributed by atoms with Gasteiger partial charge in [0.25, 0.3) is 0 Å². The van der Waals surface area contributed by atoms with Crippen LogP contribution in [0.2, 0.25) is 0 Å². The molecule has 0 aliphatic carbocycles. The van der Waals surface area contributed by atoms with Crippen LogP contribution in [-0.4, -0.2) is 7.05 Å². The monoisotopic (exact) mass is 263 g/mol. The molecule has 0 spiro atoms. The fourth-order valence-corrected chi connectivity index (χ4v) is 3.08. The third-order valence-electron chi connectivity index (χ3n) is 3.18. The van der Waals surface area contributed by atoms with Crippen LogP contribution >= 0.6 is 11.3 Å². The molecule has 1 nitrogen and oxygen atoms in total. The summed E-state index contributed by atoms with van der Waals surface area (Å²) in [5.74, 6) is -0.163. The Morgan fingerprint density at radius 3 is 2.56 bits per heavy atom. The van der Waals surface area contributed by atoms with Gasteiger partial charge in [-0.15, -0.1) is 11.3 Å². The summed E-state index contributed by atoms with van der Waals surface area (Å²) in [5.41, 5.74) is 2.21. The predicted molar refractivity (Wildman–Crippen MR) is 75.7 cm³/mol. The van der Waals surface area contributed by atoms with E-state index in [1.54, 1.807) is 6.07 Å². The number of aryl methyl sites for hydroxylation is 2. The van der Waals surface area contributed by atoms with Crippen molar-refractivity contribution in [1.82, 2.24) is 5.32 Å². The Hall–Kier alpha value is -1.19. The normalized spacial score (nSPS) is 12.7. The van der Waals surface area contributed by atoms with Crippen LogP contribution in [-0.2, 0) is 6.42 Å². The average Bonchev–Trinajstić information content (AvgIpc) is 2.75. The molecule has 18 heavy (non-hydrogen) atoms. The summed E-state index contributed by atoms with van der Waals surface area (Å²) < 4.78 is 13.1. The number of hydrogen-bond donors (Lipinski definition) is 1. The fourth-order valence-electron chi connectivity index (χ4n) is 2.09. The van der Waals surface area contributed by atoms with Crippen molar-refractivity contribution in [1.29, 1.82) is 0 Å². The predicted octanol–water partition coefficient (Wildman–Crippen LogP) is 4.01. The van der Waals surface area contributed by atoms with Gasteiger partial charge in [-0.3, -0.25) is 0 Å². The van der Waals surface area contributed by atoms with Gasteiger partial charge in [0.15, 0.2) is 0 Å². The van der Waals surface area contributed by atoms with E-state index >= 15 is 0 Å². The summed E-state index contributed by atoms with van der Waals surface area (Å²) in [6, 6.07) is 9.63. The SMILES string of the molecule is CNC(Cc1ccc(F)cc1C)c1ccc(C)s1.